The lowest BCUT2D eigenvalue weighted by molar-refractivity contribution is -0.118. The van der Waals surface area contributed by atoms with Crippen LogP contribution in [0.25, 0.3) is 0 Å². The third kappa shape index (κ3) is 4.66. The van der Waals surface area contributed by atoms with E-state index < -0.39 is 10.0 Å². The first-order valence-electron chi connectivity index (χ1n) is 10.2. The molecule has 1 heterocycles. The van der Waals surface area contributed by atoms with Crippen LogP contribution in [0.3, 0.4) is 0 Å². The van der Waals surface area contributed by atoms with Gasteiger partial charge in [0.25, 0.3) is 5.91 Å². The number of benzene rings is 2. The molecule has 1 aliphatic carbocycles. The molecule has 2 aliphatic rings. The van der Waals surface area contributed by atoms with E-state index in [1.54, 1.807) is 18.2 Å². The highest BCUT2D eigenvalue weighted by Crippen LogP contribution is 2.26. The molecule has 0 radical (unpaired) electrons. The number of hydrogen-bond donors (Lipinski definition) is 1. The fourth-order valence-corrected chi connectivity index (χ4v) is 5.36. The molecule has 0 unspecified atom stereocenters. The normalized spacial score (nSPS) is 17.5. The summed E-state index contributed by atoms with van der Waals surface area (Å²) in [7, 11) is -1.60. The molecule has 8 heteroatoms. The molecule has 2 aromatic carbocycles. The van der Waals surface area contributed by atoms with Crippen LogP contribution in [0.1, 0.15) is 17.5 Å². The summed E-state index contributed by atoms with van der Waals surface area (Å²) in [6.07, 6.45) is 3.31. The number of nitrogens with one attached hydrogen (secondary N) is 1. The van der Waals surface area contributed by atoms with Crippen LogP contribution in [0.15, 0.2) is 47.4 Å². The molecule has 30 heavy (non-hydrogen) atoms. The maximum atomic E-state index is 12.9. The predicted octanol–water partition coefficient (Wildman–Crippen LogP) is 2.13. The minimum Gasteiger partial charge on any atom is -0.484 e. The first kappa shape index (κ1) is 20.8. The molecule has 160 valence electrons. The number of likely N-dealkylation sites (N-methyl/N-ethyl adjacent to an activating group) is 1. The number of piperazine rings is 1. The zero-order valence-corrected chi connectivity index (χ0v) is 18.0. The third-order valence-electron chi connectivity index (χ3n) is 5.66. The lowest BCUT2D eigenvalue weighted by atomic mass is 10.1. The van der Waals surface area contributed by atoms with E-state index in [2.05, 4.69) is 16.3 Å². The van der Waals surface area contributed by atoms with Crippen molar-refractivity contribution in [2.45, 2.75) is 24.2 Å². The van der Waals surface area contributed by atoms with Crippen molar-refractivity contribution >= 4 is 21.6 Å². The van der Waals surface area contributed by atoms with Gasteiger partial charge >= 0.3 is 0 Å². The summed E-state index contributed by atoms with van der Waals surface area (Å²) in [5.74, 6) is 0.349. The molecule has 0 aromatic heterocycles. The van der Waals surface area contributed by atoms with Gasteiger partial charge in [0.15, 0.2) is 6.61 Å². The summed E-state index contributed by atoms with van der Waals surface area (Å²) in [6, 6.07) is 12.3. The molecule has 2 aromatic rings. The van der Waals surface area contributed by atoms with E-state index in [9.17, 15) is 13.2 Å². The van der Waals surface area contributed by atoms with Crippen LogP contribution in [0.4, 0.5) is 5.69 Å². The SMILES string of the molecule is CN1CCN(S(=O)(=O)c2cccc(NC(=O)COc3ccc4c(c3)CCC4)c2)CC1. The van der Waals surface area contributed by atoms with Crippen molar-refractivity contribution in [3.05, 3.63) is 53.6 Å². The molecule has 1 fully saturated rings. The Labute approximate surface area is 177 Å². The van der Waals surface area contributed by atoms with Gasteiger partial charge in [0.1, 0.15) is 5.75 Å². The number of nitrogens with zero attached hydrogens (tertiary/aromatic N) is 2. The number of aryl methyl sites for hydroxylation is 2. The summed E-state index contributed by atoms with van der Waals surface area (Å²) in [5, 5.41) is 2.73. The Kier molecular flexibility index (Phi) is 6.08. The molecule has 0 bridgehead atoms. The zero-order chi connectivity index (χ0) is 21.1. The molecule has 1 saturated heterocycles. The molecule has 0 spiro atoms. The maximum absolute atomic E-state index is 12.9. The van der Waals surface area contributed by atoms with Gasteiger partial charge in [-0.05, 0) is 67.8 Å². The van der Waals surface area contributed by atoms with Crippen LogP contribution in [0, 0.1) is 0 Å². The van der Waals surface area contributed by atoms with Gasteiger partial charge in [-0.25, -0.2) is 8.42 Å². The summed E-state index contributed by atoms with van der Waals surface area (Å²) in [5.41, 5.74) is 3.08. The van der Waals surface area contributed by atoms with E-state index in [-0.39, 0.29) is 17.4 Å². The van der Waals surface area contributed by atoms with Crippen molar-refractivity contribution < 1.29 is 17.9 Å². The molecule has 4 rings (SSSR count). The molecule has 0 atom stereocenters. The molecule has 1 amide bonds. The topological polar surface area (TPSA) is 79.0 Å². The maximum Gasteiger partial charge on any atom is 0.262 e. The van der Waals surface area contributed by atoms with Crippen LogP contribution in [0.5, 0.6) is 5.75 Å². The standard InChI is InChI=1S/C22H27N3O4S/c1-24-10-12-25(13-11-24)30(27,28)21-7-3-6-19(15-21)23-22(26)16-29-20-9-8-17-4-2-5-18(17)14-20/h3,6-9,14-15H,2,4-5,10-13,16H2,1H3,(H,23,26). The lowest BCUT2D eigenvalue weighted by Gasteiger charge is -2.31. The second kappa shape index (κ2) is 8.75. The van der Waals surface area contributed by atoms with Crippen LogP contribution < -0.4 is 10.1 Å². The Morgan fingerprint density at radius 1 is 1.03 bits per heavy atom. The van der Waals surface area contributed by atoms with E-state index in [0.29, 0.717) is 37.6 Å². The molecule has 0 saturated carbocycles. The van der Waals surface area contributed by atoms with E-state index in [0.717, 1.165) is 19.3 Å². The van der Waals surface area contributed by atoms with Crippen molar-refractivity contribution in [2.24, 2.45) is 0 Å². The number of carbonyl (C=O) groups is 1. The number of ether oxygens (including phenoxy) is 1. The van der Waals surface area contributed by atoms with Gasteiger partial charge in [-0.1, -0.05) is 12.1 Å². The van der Waals surface area contributed by atoms with Crippen molar-refractivity contribution in [1.82, 2.24) is 9.21 Å². The smallest absolute Gasteiger partial charge is 0.262 e. The van der Waals surface area contributed by atoms with Crippen molar-refractivity contribution in [2.75, 3.05) is 45.2 Å². The van der Waals surface area contributed by atoms with Gasteiger partial charge < -0.3 is 15.0 Å². The van der Waals surface area contributed by atoms with Gasteiger partial charge in [-0.2, -0.15) is 4.31 Å². The van der Waals surface area contributed by atoms with Gasteiger partial charge in [0.05, 0.1) is 4.90 Å². The number of rotatable bonds is 6. The van der Waals surface area contributed by atoms with E-state index >= 15 is 0 Å². The van der Waals surface area contributed by atoms with Crippen LogP contribution >= 0.6 is 0 Å². The molecule has 1 N–H and O–H groups in total. The summed E-state index contributed by atoms with van der Waals surface area (Å²) < 4.78 is 32.9. The average molecular weight is 430 g/mol. The first-order valence-corrected chi connectivity index (χ1v) is 11.7. The highest BCUT2D eigenvalue weighted by Gasteiger charge is 2.27. The Bertz CT molecular complexity index is 1030. The van der Waals surface area contributed by atoms with E-state index in [4.69, 9.17) is 4.74 Å². The van der Waals surface area contributed by atoms with Crippen LogP contribution in [0.2, 0.25) is 0 Å². The van der Waals surface area contributed by atoms with E-state index in [1.807, 2.05) is 19.2 Å². The Balaban J connectivity index is 1.37. The van der Waals surface area contributed by atoms with Gasteiger partial charge in [0, 0.05) is 31.9 Å². The molecule has 1 aliphatic heterocycles. The monoisotopic (exact) mass is 429 g/mol. The quantitative estimate of drug-likeness (QED) is 0.761. The Morgan fingerprint density at radius 3 is 2.60 bits per heavy atom. The summed E-state index contributed by atoms with van der Waals surface area (Å²) >= 11 is 0. The van der Waals surface area contributed by atoms with Crippen molar-refractivity contribution in [3.8, 4) is 5.75 Å². The minimum atomic E-state index is -3.58. The number of sulfonamides is 1. The van der Waals surface area contributed by atoms with Crippen LogP contribution in [-0.4, -0.2) is 63.4 Å². The predicted molar refractivity (Wildman–Crippen MR) is 115 cm³/mol. The first-order chi connectivity index (χ1) is 14.4. The number of amides is 1. The molecular formula is C22H27N3O4S. The van der Waals surface area contributed by atoms with E-state index in [1.165, 1.54) is 21.5 Å². The van der Waals surface area contributed by atoms with Crippen molar-refractivity contribution in [3.63, 3.8) is 0 Å². The largest absolute Gasteiger partial charge is 0.484 e. The lowest BCUT2D eigenvalue weighted by Crippen LogP contribution is -2.47. The Hall–Kier alpha value is -2.42. The van der Waals surface area contributed by atoms with Gasteiger partial charge in [-0.3, -0.25) is 4.79 Å². The fourth-order valence-electron chi connectivity index (χ4n) is 3.90. The van der Waals surface area contributed by atoms with Gasteiger partial charge in [0.2, 0.25) is 10.0 Å². The molecule has 7 nitrogen and oxygen atoms in total. The Morgan fingerprint density at radius 2 is 1.80 bits per heavy atom. The third-order valence-corrected chi connectivity index (χ3v) is 7.55. The van der Waals surface area contributed by atoms with Crippen molar-refractivity contribution in [1.29, 1.82) is 0 Å². The fraction of sp³-hybridized carbons (Fsp3) is 0.409. The second-order valence-corrected chi connectivity index (χ2v) is 9.79. The van der Waals surface area contributed by atoms with Gasteiger partial charge in [-0.15, -0.1) is 0 Å². The minimum absolute atomic E-state index is 0.131. The number of fused-ring (bicyclic) bond motifs is 1. The summed E-state index contributed by atoms with van der Waals surface area (Å²) in [6.45, 7) is 2.20. The number of anilines is 1. The zero-order valence-electron chi connectivity index (χ0n) is 17.1. The summed E-state index contributed by atoms with van der Waals surface area (Å²) in [4.78, 5) is 14.6. The highest BCUT2D eigenvalue weighted by molar-refractivity contribution is 7.89. The molecular weight excluding hydrogens is 402 g/mol. The second-order valence-electron chi connectivity index (χ2n) is 7.86. The number of hydrogen-bond acceptors (Lipinski definition) is 5. The average Bonchev–Trinajstić information content (AvgIpc) is 3.21. The highest BCUT2D eigenvalue weighted by atomic mass is 32.2. The number of carbonyl (C=O) groups excluding carboxylic acids is 1. The van der Waals surface area contributed by atoms with Crippen LogP contribution in [-0.2, 0) is 27.7 Å².